The minimum absolute atomic E-state index is 0.648. The Morgan fingerprint density at radius 3 is 2.48 bits per heavy atom. The van der Waals surface area contributed by atoms with E-state index in [-0.39, 0.29) is 0 Å². The Hall–Kier alpha value is -3.08. The molecule has 2 aromatic carbocycles. The van der Waals surface area contributed by atoms with Crippen molar-refractivity contribution in [3.8, 4) is 0 Å². The summed E-state index contributed by atoms with van der Waals surface area (Å²) in [6, 6.07) is 19.3. The number of benzene rings is 2. The van der Waals surface area contributed by atoms with Crippen LogP contribution < -0.4 is 15.1 Å². The van der Waals surface area contributed by atoms with Gasteiger partial charge >= 0.3 is 0 Å². The number of nitrogens with one attached hydrogen (secondary N) is 1. The van der Waals surface area contributed by atoms with Crippen LogP contribution in [0, 0.1) is 6.92 Å². The highest BCUT2D eigenvalue weighted by Crippen LogP contribution is 2.34. The van der Waals surface area contributed by atoms with E-state index in [0.29, 0.717) is 5.95 Å². The maximum Gasteiger partial charge on any atom is 0.229 e. The van der Waals surface area contributed by atoms with Crippen LogP contribution in [0.4, 0.5) is 28.8 Å². The van der Waals surface area contributed by atoms with Crippen molar-refractivity contribution in [2.45, 2.75) is 32.6 Å². The zero-order valence-corrected chi connectivity index (χ0v) is 16.9. The standard InChI is InChI=1S/C24H27N5/c1-18-17-23(29-16-13-19-7-3-4-8-22(19)29)27-24(25-18)26-20-9-11-21(12-10-20)28-14-5-2-6-15-28/h3-4,7-12,17H,2,5-6,13-16H2,1H3,(H,25,26,27). The third-order valence-corrected chi connectivity index (χ3v) is 5.85. The van der Waals surface area contributed by atoms with Gasteiger partial charge in [0.25, 0.3) is 0 Å². The van der Waals surface area contributed by atoms with Gasteiger partial charge in [-0.25, -0.2) is 4.98 Å². The molecule has 5 heteroatoms. The van der Waals surface area contributed by atoms with Gasteiger partial charge in [0.2, 0.25) is 5.95 Å². The summed E-state index contributed by atoms with van der Waals surface area (Å²) in [5.74, 6) is 1.60. The van der Waals surface area contributed by atoms with Gasteiger partial charge in [0, 0.05) is 48.5 Å². The number of fused-ring (bicyclic) bond motifs is 1. The molecule has 0 bridgehead atoms. The number of anilines is 5. The third kappa shape index (κ3) is 3.77. The van der Waals surface area contributed by atoms with Crippen LogP contribution in [0.15, 0.2) is 54.6 Å². The molecule has 3 aromatic rings. The van der Waals surface area contributed by atoms with E-state index in [4.69, 9.17) is 4.98 Å². The maximum atomic E-state index is 4.82. The zero-order chi connectivity index (χ0) is 19.6. The summed E-state index contributed by atoms with van der Waals surface area (Å²) >= 11 is 0. The van der Waals surface area contributed by atoms with Crippen molar-refractivity contribution < 1.29 is 0 Å². The number of hydrogen-bond donors (Lipinski definition) is 1. The second-order valence-electron chi connectivity index (χ2n) is 7.94. The highest BCUT2D eigenvalue weighted by molar-refractivity contribution is 5.69. The third-order valence-electron chi connectivity index (χ3n) is 5.85. The van der Waals surface area contributed by atoms with Crippen molar-refractivity contribution in [3.63, 3.8) is 0 Å². The first-order valence-electron chi connectivity index (χ1n) is 10.6. The van der Waals surface area contributed by atoms with Crippen molar-refractivity contribution in [2.75, 3.05) is 34.8 Å². The number of aromatic nitrogens is 2. The number of piperidine rings is 1. The second-order valence-corrected chi connectivity index (χ2v) is 7.94. The highest BCUT2D eigenvalue weighted by atomic mass is 15.2. The fraction of sp³-hybridized carbons (Fsp3) is 0.333. The highest BCUT2D eigenvalue weighted by Gasteiger charge is 2.21. The zero-order valence-electron chi connectivity index (χ0n) is 16.9. The van der Waals surface area contributed by atoms with Crippen LogP contribution in [0.3, 0.4) is 0 Å². The molecule has 2 aliphatic rings. The molecule has 0 atom stereocenters. The molecule has 1 N–H and O–H groups in total. The normalized spacial score (nSPS) is 16.0. The molecule has 29 heavy (non-hydrogen) atoms. The van der Waals surface area contributed by atoms with Crippen molar-refractivity contribution in [1.29, 1.82) is 0 Å². The summed E-state index contributed by atoms with van der Waals surface area (Å²) in [5, 5.41) is 3.40. The fourth-order valence-electron chi connectivity index (χ4n) is 4.36. The Kier molecular flexibility index (Phi) is 4.80. The van der Waals surface area contributed by atoms with Crippen LogP contribution >= 0.6 is 0 Å². The summed E-state index contributed by atoms with van der Waals surface area (Å²) in [6.07, 6.45) is 4.99. The summed E-state index contributed by atoms with van der Waals surface area (Å²) < 4.78 is 0. The van der Waals surface area contributed by atoms with Gasteiger partial charge in [-0.15, -0.1) is 0 Å². The topological polar surface area (TPSA) is 44.3 Å². The maximum absolute atomic E-state index is 4.82. The lowest BCUT2D eigenvalue weighted by atomic mass is 10.1. The van der Waals surface area contributed by atoms with Gasteiger partial charge in [-0.05, 0) is 68.5 Å². The summed E-state index contributed by atoms with van der Waals surface area (Å²) in [7, 11) is 0. The molecule has 2 aliphatic heterocycles. The number of aryl methyl sites for hydroxylation is 1. The first-order valence-corrected chi connectivity index (χ1v) is 10.6. The van der Waals surface area contributed by atoms with E-state index in [9.17, 15) is 0 Å². The molecule has 5 nitrogen and oxygen atoms in total. The Morgan fingerprint density at radius 1 is 0.862 bits per heavy atom. The van der Waals surface area contributed by atoms with Gasteiger partial charge in [-0.1, -0.05) is 18.2 Å². The number of rotatable bonds is 4. The van der Waals surface area contributed by atoms with Crippen molar-refractivity contribution in [3.05, 3.63) is 65.9 Å². The van der Waals surface area contributed by atoms with E-state index < -0.39 is 0 Å². The lowest BCUT2D eigenvalue weighted by Gasteiger charge is -2.28. The first kappa shape index (κ1) is 18.0. The van der Waals surface area contributed by atoms with E-state index in [1.54, 1.807) is 0 Å². The molecule has 1 aromatic heterocycles. The second kappa shape index (κ2) is 7.74. The minimum Gasteiger partial charge on any atom is -0.372 e. The molecule has 1 fully saturated rings. The first-order chi connectivity index (χ1) is 14.3. The monoisotopic (exact) mass is 385 g/mol. The van der Waals surface area contributed by atoms with E-state index >= 15 is 0 Å². The molecular weight excluding hydrogens is 358 g/mol. The molecule has 148 valence electrons. The SMILES string of the molecule is Cc1cc(N2CCc3ccccc32)nc(Nc2ccc(N3CCCCC3)cc2)n1. The largest absolute Gasteiger partial charge is 0.372 e. The number of hydrogen-bond acceptors (Lipinski definition) is 5. The lowest BCUT2D eigenvalue weighted by Crippen LogP contribution is -2.29. The molecule has 1 saturated heterocycles. The van der Waals surface area contributed by atoms with E-state index in [1.807, 2.05) is 6.92 Å². The predicted octanol–water partition coefficient (Wildman–Crippen LogP) is 5.21. The van der Waals surface area contributed by atoms with Gasteiger partial charge in [0.1, 0.15) is 5.82 Å². The quantitative estimate of drug-likeness (QED) is 0.668. The lowest BCUT2D eigenvalue weighted by molar-refractivity contribution is 0.578. The van der Waals surface area contributed by atoms with Gasteiger partial charge in [0.05, 0.1) is 0 Å². The predicted molar refractivity (Wildman–Crippen MR) is 120 cm³/mol. The van der Waals surface area contributed by atoms with Crippen LogP contribution in [-0.4, -0.2) is 29.6 Å². The van der Waals surface area contributed by atoms with Gasteiger partial charge in [-0.2, -0.15) is 4.98 Å². The van der Waals surface area contributed by atoms with Crippen LogP contribution in [-0.2, 0) is 6.42 Å². The molecule has 0 unspecified atom stereocenters. The minimum atomic E-state index is 0.648. The van der Waals surface area contributed by atoms with E-state index in [0.717, 1.165) is 43.3 Å². The molecule has 3 heterocycles. The van der Waals surface area contributed by atoms with E-state index in [1.165, 1.54) is 36.2 Å². The molecule has 0 aliphatic carbocycles. The van der Waals surface area contributed by atoms with Crippen molar-refractivity contribution in [2.24, 2.45) is 0 Å². The van der Waals surface area contributed by atoms with Gasteiger partial charge in [-0.3, -0.25) is 0 Å². The molecule has 5 rings (SSSR count). The Morgan fingerprint density at radius 2 is 1.66 bits per heavy atom. The Balaban J connectivity index is 1.36. The summed E-state index contributed by atoms with van der Waals surface area (Å²) in [5.41, 5.74) is 5.92. The molecule has 0 amide bonds. The number of para-hydroxylation sites is 1. The van der Waals surface area contributed by atoms with Gasteiger partial charge in [0.15, 0.2) is 0 Å². The molecule has 0 spiro atoms. The van der Waals surface area contributed by atoms with Crippen LogP contribution in [0.5, 0.6) is 0 Å². The smallest absolute Gasteiger partial charge is 0.229 e. The van der Waals surface area contributed by atoms with Gasteiger partial charge < -0.3 is 15.1 Å². The van der Waals surface area contributed by atoms with E-state index in [2.05, 4.69) is 74.7 Å². The molecular formula is C24H27N5. The van der Waals surface area contributed by atoms with Crippen LogP contribution in [0.1, 0.15) is 30.5 Å². The summed E-state index contributed by atoms with van der Waals surface area (Å²) in [4.78, 5) is 14.2. The number of nitrogens with zero attached hydrogens (tertiary/aromatic N) is 4. The summed E-state index contributed by atoms with van der Waals surface area (Å²) in [6.45, 7) is 5.31. The van der Waals surface area contributed by atoms with Crippen LogP contribution in [0.25, 0.3) is 0 Å². The average molecular weight is 386 g/mol. The fourth-order valence-corrected chi connectivity index (χ4v) is 4.36. The molecule has 0 saturated carbocycles. The van der Waals surface area contributed by atoms with Crippen molar-refractivity contribution >= 4 is 28.8 Å². The average Bonchev–Trinajstić information content (AvgIpc) is 3.19. The molecule has 0 radical (unpaired) electrons. The Bertz CT molecular complexity index is 992. The van der Waals surface area contributed by atoms with Crippen LogP contribution in [0.2, 0.25) is 0 Å². The van der Waals surface area contributed by atoms with Crippen molar-refractivity contribution in [1.82, 2.24) is 9.97 Å². The Labute approximate surface area is 172 Å².